The lowest BCUT2D eigenvalue weighted by atomic mass is 10.2. The van der Waals surface area contributed by atoms with Gasteiger partial charge in [-0.2, -0.15) is 0 Å². The zero-order valence-electron chi connectivity index (χ0n) is 11.1. The van der Waals surface area contributed by atoms with Gasteiger partial charge in [0.15, 0.2) is 0 Å². The summed E-state index contributed by atoms with van der Waals surface area (Å²) >= 11 is 0. The number of esters is 1. The van der Waals surface area contributed by atoms with E-state index in [0.717, 1.165) is 6.07 Å². The van der Waals surface area contributed by atoms with E-state index in [-0.39, 0.29) is 24.5 Å². The number of aliphatic hydroxyl groups excluding tert-OH is 1. The van der Waals surface area contributed by atoms with Crippen LogP contribution in [0.4, 0.5) is 4.39 Å². The maximum Gasteiger partial charge on any atom is 0.340 e. The summed E-state index contributed by atoms with van der Waals surface area (Å²) in [6, 6.07) is 3.72. The highest BCUT2D eigenvalue weighted by molar-refractivity contribution is 5.89. The van der Waals surface area contributed by atoms with E-state index in [0.29, 0.717) is 0 Å². The maximum absolute atomic E-state index is 13.6. The number of aromatic nitrogens is 4. The quantitative estimate of drug-likeness (QED) is 0.751. The maximum atomic E-state index is 13.6. The third-order valence-electron chi connectivity index (χ3n) is 2.58. The molecule has 0 aliphatic rings. The van der Waals surface area contributed by atoms with Crippen LogP contribution in [0.1, 0.15) is 10.4 Å². The number of rotatable bonds is 6. The first kappa shape index (κ1) is 14.9. The Morgan fingerprint density at radius 2 is 2.33 bits per heavy atom. The van der Waals surface area contributed by atoms with Gasteiger partial charge in [-0.05, 0) is 22.6 Å². The van der Waals surface area contributed by atoms with Crippen molar-refractivity contribution in [1.29, 1.82) is 0 Å². The number of ether oxygens (including phenoxy) is 2. The molecule has 0 aliphatic carbocycles. The van der Waals surface area contributed by atoms with Gasteiger partial charge in [0.1, 0.15) is 30.6 Å². The topological polar surface area (TPSA) is 99.4 Å². The first-order chi connectivity index (χ1) is 10.1. The van der Waals surface area contributed by atoms with Gasteiger partial charge in [0.05, 0.1) is 19.2 Å². The van der Waals surface area contributed by atoms with Gasteiger partial charge in [-0.3, -0.25) is 0 Å². The second kappa shape index (κ2) is 6.75. The zero-order chi connectivity index (χ0) is 15.2. The molecule has 0 radical (unpaired) electrons. The Bertz CT molecular complexity index is 605. The molecule has 0 saturated carbocycles. The predicted molar refractivity (Wildman–Crippen MR) is 67.1 cm³/mol. The summed E-state index contributed by atoms with van der Waals surface area (Å²) in [7, 11) is 1.17. The van der Waals surface area contributed by atoms with Crippen molar-refractivity contribution >= 4 is 5.97 Å². The van der Waals surface area contributed by atoms with Gasteiger partial charge in [0, 0.05) is 6.07 Å². The summed E-state index contributed by atoms with van der Waals surface area (Å²) in [6.45, 7) is 0.0760. The van der Waals surface area contributed by atoms with Crippen molar-refractivity contribution in [3.63, 3.8) is 0 Å². The second-order valence-corrected chi connectivity index (χ2v) is 4.13. The summed E-state index contributed by atoms with van der Waals surface area (Å²) in [6.07, 6.45) is 0.491. The average molecular weight is 296 g/mol. The molecule has 0 saturated heterocycles. The summed E-state index contributed by atoms with van der Waals surface area (Å²) in [5.74, 6) is -1.33. The number of hydrogen-bond acceptors (Lipinski definition) is 7. The molecule has 8 nitrogen and oxygen atoms in total. The monoisotopic (exact) mass is 296 g/mol. The summed E-state index contributed by atoms with van der Waals surface area (Å²) < 4.78 is 24.7. The molecule has 0 amide bonds. The molecule has 1 aromatic carbocycles. The minimum Gasteiger partial charge on any atom is -0.491 e. The fraction of sp³-hybridized carbons (Fsp3) is 0.333. The van der Waals surface area contributed by atoms with Crippen LogP contribution in [0, 0.1) is 5.82 Å². The van der Waals surface area contributed by atoms with Crippen LogP contribution in [0.3, 0.4) is 0 Å². The normalized spacial score (nSPS) is 12.0. The Morgan fingerprint density at radius 3 is 2.95 bits per heavy atom. The molecule has 0 unspecified atom stereocenters. The lowest BCUT2D eigenvalue weighted by Crippen LogP contribution is -2.24. The highest BCUT2D eigenvalue weighted by Crippen LogP contribution is 2.17. The molecule has 0 fully saturated rings. The summed E-state index contributed by atoms with van der Waals surface area (Å²) in [5, 5.41) is 20.2. The Balaban J connectivity index is 1.91. The Labute approximate surface area is 119 Å². The molecule has 1 aromatic heterocycles. The van der Waals surface area contributed by atoms with Crippen LogP contribution in [-0.2, 0) is 11.3 Å². The van der Waals surface area contributed by atoms with E-state index in [1.54, 1.807) is 0 Å². The molecule has 1 heterocycles. The van der Waals surface area contributed by atoms with E-state index < -0.39 is 17.9 Å². The molecule has 2 rings (SSSR count). The predicted octanol–water partition coefficient (Wildman–Crippen LogP) is 0.0387. The van der Waals surface area contributed by atoms with E-state index in [1.807, 2.05) is 0 Å². The van der Waals surface area contributed by atoms with Crippen molar-refractivity contribution < 1.29 is 23.8 Å². The fourth-order valence-electron chi connectivity index (χ4n) is 1.59. The van der Waals surface area contributed by atoms with Crippen LogP contribution in [-0.4, -0.2) is 51.1 Å². The first-order valence-electron chi connectivity index (χ1n) is 5.99. The Morgan fingerprint density at radius 1 is 1.52 bits per heavy atom. The zero-order valence-corrected chi connectivity index (χ0v) is 11.1. The van der Waals surface area contributed by atoms with Gasteiger partial charge in [-0.25, -0.2) is 13.9 Å². The molecule has 0 bridgehead atoms. The molecule has 112 valence electrons. The van der Waals surface area contributed by atoms with Gasteiger partial charge in [-0.15, -0.1) is 5.10 Å². The SMILES string of the molecule is COC(=O)c1ccc(OC[C@H](O)Cn2cnnn2)cc1F. The third kappa shape index (κ3) is 3.96. The van der Waals surface area contributed by atoms with Crippen LogP contribution in [0.15, 0.2) is 24.5 Å². The van der Waals surface area contributed by atoms with Crippen molar-refractivity contribution in [2.24, 2.45) is 0 Å². The van der Waals surface area contributed by atoms with Crippen LogP contribution in [0.2, 0.25) is 0 Å². The van der Waals surface area contributed by atoms with Gasteiger partial charge in [0.25, 0.3) is 0 Å². The smallest absolute Gasteiger partial charge is 0.340 e. The van der Waals surface area contributed by atoms with Crippen molar-refractivity contribution in [3.05, 3.63) is 35.9 Å². The van der Waals surface area contributed by atoms with Gasteiger partial charge < -0.3 is 14.6 Å². The molecule has 21 heavy (non-hydrogen) atoms. The van der Waals surface area contributed by atoms with Gasteiger partial charge in [-0.1, -0.05) is 0 Å². The van der Waals surface area contributed by atoms with Crippen molar-refractivity contribution in [2.45, 2.75) is 12.6 Å². The van der Waals surface area contributed by atoms with Crippen LogP contribution >= 0.6 is 0 Å². The Kier molecular flexibility index (Phi) is 4.77. The number of carbonyl (C=O) groups excluding carboxylic acids is 1. The average Bonchev–Trinajstić information content (AvgIpc) is 2.97. The van der Waals surface area contributed by atoms with Gasteiger partial charge in [0.2, 0.25) is 0 Å². The lowest BCUT2D eigenvalue weighted by molar-refractivity contribution is 0.0595. The van der Waals surface area contributed by atoms with E-state index in [9.17, 15) is 14.3 Å². The molecule has 1 N–H and O–H groups in total. The van der Waals surface area contributed by atoms with Crippen molar-refractivity contribution in [3.8, 4) is 5.75 Å². The first-order valence-corrected chi connectivity index (χ1v) is 5.99. The number of tetrazole rings is 1. The standard InChI is InChI=1S/C12H13FN4O4/c1-20-12(19)10-3-2-9(4-11(10)13)21-6-8(18)5-17-7-14-15-16-17/h2-4,7-8,18H,5-6H2,1H3/t8-/m1/s1. The van der Waals surface area contributed by atoms with E-state index in [1.165, 1.54) is 30.3 Å². The molecular weight excluding hydrogens is 283 g/mol. The number of benzene rings is 1. The number of methoxy groups -OCH3 is 1. The molecule has 2 aromatic rings. The number of carbonyl (C=O) groups is 1. The van der Waals surface area contributed by atoms with Gasteiger partial charge >= 0.3 is 5.97 Å². The molecule has 0 aliphatic heterocycles. The summed E-state index contributed by atoms with van der Waals surface area (Å²) in [4.78, 5) is 11.2. The third-order valence-corrected chi connectivity index (χ3v) is 2.58. The minimum atomic E-state index is -0.864. The molecule has 0 spiro atoms. The lowest BCUT2D eigenvalue weighted by Gasteiger charge is -2.12. The highest BCUT2D eigenvalue weighted by Gasteiger charge is 2.13. The highest BCUT2D eigenvalue weighted by atomic mass is 19.1. The van der Waals surface area contributed by atoms with Crippen molar-refractivity contribution in [1.82, 2.24) is 20.2 Å². The van der Waals surface area contributed by atoms with Crippen LogP contribution in [0.5, 0.6) is 5.75 Å². The van der Waals surface area contributed by atoms with E-state index in [2.05, 4.69) is 20.3 Å². The molecule has 1 atom stereocenters. The number of hydrogen-bond donors (Lipinski definition) is 1. The van der Waals surface area contributed by atoms with Crippen LogP contribution in [0.25, 0.3) is 0 Å². The molecule has 9 heteroatoms. The fourth-order valence-corrected chi connectivity index (χ4v) is 1.59. The number of halogens is 1. The second-order valence-electron chi connectivity index (χ2n) is 4.13. The van der Waals surface area contributed by atoms with Crippen LogP contribution < -0.4 is 4.74 Å². The van der Waals surface area contributed by atoms with Crippen molar-refractivity contribution in [2.75, 3.05) is 13.7 Å². The number of aliphatic hydroxyl groups is 1. The minimum absolute atomic E-state index is 0.0725. The largest absolute Gasteiger partial charge is 0.491 e. The van der Waals surface area contributed by atoms with E-state index in [4.69, 9.17) is 4.74 Å². The molecular formula is C12H13FN4O4. The van der Waals surface area contributed by atoms with E-state index >= 15 is 0 Å². The number of nitrogens with zero attached hydrogens (tertiary/aromatic N) is 4. The summed E-state index contributed by atoms with van der Waals surface area (Å²) in [5.41, 5.74) is -0.181. The Hall–Kier alpha value is -2.55.